The molecular formula is C37H48F2N6O8. The fourth-order valence-corrected chi connectivity index (χ4v) is 7.45. The number of piperidine rings is 1. The number of cyclic esters (lactones) is 1. The molecule has 4 aliphatic heterocycles. The third-order valence-electron chi connectivity index (χ3n) is 10.2. The first-order chi connectivity index (χ1) is 25.5. The number of hydrogen-bond acceptors (Lipinski definition) is 8. The number of hydrogen-bond donors (Lipinski definition) is 3. The number of allylic oxidation sites excluding steroid dienone is 1. The van der Waals surface area contributed by atoms with E-state index in [1.165, 1.54) is 20.8 Å². The average molecular weight is 743 g/mol. The maximum Gasteiger partial charge on any atom is 0.328 e. The Morgan fingerprint density at radius 2 is 1.55 bits per heavy atom. The van der Waals surface area contributed by atoms with Gasteiger partial charge in [-0.3, -0.25) is 28.8 Å². The average Bonchev–Trinajstić information content (AvgIpc) is 3.83. The second kappa shape index (κ2) is 18.2. The molecule has 6 amide bonds. The van der Waals surface area contributed by atoms with E-state index >= 15 is 0 Å². The summed E-state index contributed by atoms with van der Waals surface area (Å²) in [5.74, 6) is -6.31. The highest BCUT2D eigenvalue weighted by Crippen LogP contribution is 2.26. The SMILES string of the molecule is CCCC/C=C/C(=O)NC(Cc1cc(F)cc(F)c1)C(=O)N[C@H]1COC(=O)[C@@H]2CCCN2C(=O)CNC(=O)C2CCCCN2C(=O)[C@@H]2CCCN2C1=O. The number of rotatable bonds is 9. The van der Waals surface area contributed by atoms with E-state index in [-0.39, 0.29) is 44.6 Å². The number of nitrogens with zero attached hydrogens (tertiary/aromatic N) is 3. The Bertz CT molecular complexity index is 1590. The number of unbranched alkanes of at least 4 members (excludes halogenated alkanes) is 2. The number of fused-ring (bicyclic) bond motifs is 3. The Morgan fingerprint density at radius 3 is 2.28 bits per heavy atom. The molecule has 53 heavy (non-hydrogen) atoms. The second-order valence-electron chi connectivity index (χ2n) is 14.0. The summed E-state index contributed by atoms with van der Waals surface area (Å²) < 4.78 is 33.9. The summed E-state index contributed by atoms with van der Waals surface area (Å²) in [5, 5.41) is 7.78. The third-order valence-corrected chi connectivity index (χ3v) is 10.2. The van der Waals surface area contributed by atoms with Gasteiger partial charge in [-0.1, -0.05) is 25.8 Å². The molecule has 0 radical (unpaired) electrons. The summed E-state index contributed by atoms with van der Waals surface area (Å²) in [6.07, 6.45) is 8.11. The number of carbonyl (C=O) groups excluding carboxylic acids is 7. The molecule has 16 heteroatoms. The predicted molar refractivity (Wildman–Crippen MR) is 185 cm³/mol. The Labute approximate surface area is 307 Å². The molecule has 0 bridgehead atoms. The zero-order valence-electron chi connectivity index (χ0n) is 30.0. The van der Waals surface area contributed by atoms with Crippen molar-refractivity contribution < 1.29 is 47.1 Å². The minimum atomic E-state index is -1.54. The zero-order valence-corrected chi connectivity index (χ0v) is 30.0. The fourth-order valence-electron chi connectivity index (χ4n) is 7.45. The van der Waals surface area contributed by atoms with Crippen LogP contribution in [0.5, 0.6) is 0 Å². The van der Waals surface area contributed by atoms with Crippen LogP contribution in [0.4, 0.5) is 8.78 Å². The molecule has 0 aliphatic carbocycles. The lowest BCUT2D eigenvalue weighted by atomic mass is 9.99. The zero-order chi connectivity index (χ0) is 38.1. The van der Waals surface area contributed by atoms with E-state index in [1.54, 1.807) is 6.08 Å². The van der Waals surface area contributed by atoms with Gasteiger partial charge in [-0.25, -0.2) is 13.6 Å². The molecule has 3 N–H and O–H groups in total. The van der Waals surface area contributed by atoms with Gasteiger partial charge in [0.15, 0.2) is 0 Å². The largest absolute Gasteiger partial charge is 0.461 e. The molecule has 5 atom stereocenters. The number of ether oxygens (including phenoxy) is 1. The van der Waals surface area contributed by atoms with E-state index in [1.807, 2.05) is 6.92 Å². The molecular weight excluding hydrogens is 694 g/mol. The number of nitrogens with one attached hydrogen (secondary N) is 3. The highest BCUT2D eigenvalue weighted by atomic mass is 19.1. The first-order valence-electron chi connectivity index (χ1n) is 18.5. The lowest BCUT2D eigenvalue weighted by Gasteiger charge is -2.38. The molecule has 288 valence electrons. The fraction of sp³-hybridized carbons (Fsp3) is 0.595. The summed E-state index contributed by atoms with van der Waals surface area (Å²) in [7, 11) is 0. The van der Waals surface area contributed by atoms with E-state index in [0.29, 0.717) is 51.0 Å². The van der Waals surface area contributed by atoms with Gasteiger partial charge >= 0.3 is 5.97 Å². The Kier molecular flexibility index (Phi) is 13.5. The molecule has 4 heterocycles. The van der Waals surface area contributed by atoms with Crippen LogP contribution in [-0.2, 0) is 44.7 Å². The monoisotopic (exact) mass is 742 g/mol. The molecule has 5 rings (SSSR count). The van der Waals surface area contributed by atoms with E-state index in [4.69, 9.17) is 4.74 Å². The standard InChI is InChI=1S/C37H48F2N6O8/c1-2-3-4-5-13-31(46)41-26(19-23-17-24(38)20-25(39)18-23)33(48)42-27-22-53-37(52)30-12-9-15-43(30)32(47)21-40-34(49)28-10-6-7-14-44(28)36(51)29-11-8-16-45(29)35(27)50/h5,13,17-18,20,26-30H,2-4,6-12,14-16,19,21-22H2,1H3,(H,40,49)(H,41,46)(H,42,48)/b13-5+/t26?,27-,28?,29-,30-/m0/s1. The van der Waals surface area contributed by atoms with Crippen molar-refractivity contribution in [1.82, 2.24) is 30.7 Å². The van der Waals surface area contributed by atoms with Crippen LogP contribution in [-0.4, -0.2) is 119 Å². The first-order valence-corrected chi connectivity index (χ1v) is 18.5. The van der Waals surface area contributed by atoms with Crippen LogP contribution in [0.25, 0.3) is 0 Å². The van der Waals surface area contributed by atoms with Crippen LogP contribution in [0.2, 0.25) is 0 Å². The first kappa shape index (κ1) is 39.3. The number of benzene rings is 1. The lowest BCUT2D eigenvalue weighted by molar-refractivity contribution is -0.157. The van der Waals surface area contributed by atoms with Gasteiger partial charge in [-0.2, -0.15) is 0 Å². The maximum atomic E-state index is 14.3. The second-order valence-corrected chi connectivity index (χ2v) is 14.0. The molecule has 4 saturated heterocycles. The van der Waals surface area contributed by atoms with Gasteiger partial charge < -0.3 is 35.4 Å². The van der Waals surface area contributed by atoms with Crippen molar-refractivity contribution in [3.8, 4) is 0 Å². The van der Waals surface area contributed by atoms with Crippen LogP contribution < -0.4 is 16.0 Å². The van der Waals surface area contributed by atoms with E-state index < -0.39 is 89.9 Å². The summed E-state index contributed by atoms with van der Waals surface area (Å²) in [6.45, 7) is 1.64. The van der Waals surface area contributed by atoms with Crippen molar-refractivity contribution in [2.45, 2.75) is 108 Å². The summed E-state index contributed by atoms with van der Waals surface area (Å²) in [5.41, 5.74) is 0.0602. The van der Waals surface area contributed by atoms with Gasteiger partial charge in [0.05, 0.1) is 6.54 Å². The predicted octanol–water partition coefficient (Wildman–Crippen LogP) is 1.26. The minimum Gasteiger partial charge on any atom is -0.461 e. The highest BCUT2D eigenvalue weighted by Gasteiger charge is 2.44. The lowest BCUT2D eigenvalue weighted by Crippen LogP contribution is -2.61. The van der Waals surface area contributed by atoms with E-state index in [2.05, 4.69) is 16.0 Å². The quantitative estimate of drug-likeness (QED) is 0.193. The van der Waals surface area contributed by atoms with Crippen molar-refractivity contribution in [3.63, 3.8) is 0 Å². The van der Waals surface area contributed by atoms with Crippen LogP contribution in [0.3, 0.4) is 0 Å². The van der Waals surface area contributed by atoms with Crippen LogP contribution in [0.1, 0.15) is 76.7 Å². The van der Waals surface area contributed by atoms with Crippen molar-refractivity contribution in [3.05, 3.63) is 47.5 Å². The van der Waals surface area contributed by atoms with Crippen molar-refractivity contribution in [2.24, 2.45) is 0 Å². The molecule has 0 saturated carbocycles. The molecule has 4 fully saturated rings. The smallest absolute Gasteiger partial charge is 0.328 e. The number of carbonyl (C=O) groups is 7. The third kappa shape index (κ3) is 9.96. The molecule has 0 spiro atoms. The topological polar surface area (TPSA) is 175 Å². The van der Waals surface area contributed by atoms with Crippen molar-refractivity contribution in [1.29, 1.82) is 0 Å². The molecule has 1 aromatic carbocycles. The van der Waals surface area contributed by atoms with Gasteiger partial charge in [0.1, 0.15) is 48.5 Å². The number of amides is 6. The van der Waals surface area contributed by atoms with Gasteiger partial charge in [-0.05, 0) is 75.1 Å². The molecule has 0 aromatic heterocycles. The van der Waals surface area contributed by atoms with Crippen LogP contribution >= 0.6 is 0 Å². The van der Waals surface area contributed by atoms with Gasteiger partial charge in [0.2, 0.25) is 35.4 Å². The van der Waals surface area contributed by atoms with Crippen LogP contribution in [0, 0.1) is 11.6 Å². The Hall–Kier alpha value is -4.89. The van der Waals surface area contributed by atoms with Gasteiger partial charge in [0.25, 0.3) is 0 Å². The molecule has 2 unspecified atom stereocenters. The highest BCUT2D eigenvalue weighted by molar-refractivity contribution is 5.98. The Morgan fingerprint density at radius 1 is 0.887 bits per heavy atom. The van der Waals surface area contributed by atoms with Crippen molar-refractivity contribution >= 4 is 41.4 Å². The Balaban J connectivity index is 1.44. The van der Waals surface area contributed by atoms with Crippen molar-refractivity contribution in [2.75, 3.05) is 32.8 Å². The molecule has 14 nitrogen and oxygen atoms in total. The van der Waals surface area contributed by atoms with E-state index in [9.17, 15) is 42.3 Å². The number of esters is 1. The summed E-state index contributed by atoms with van der Waals surface area (Å²) in [4.78, 5) is 99.2. The van der Waals surface area contributed by atoms with Crippen LogP contribution in [0.15, 0.2) is 30.4 Å². The molecule has 1 aromatic rings. The van der Waals surface area contributed by atoms with Gasteiger partial charge in [0, 0.05) is 32.1 Å². The maximum absolute atomic E-state index is 14.3. The minimum absolute atomic E-state index is 0.0602. The summed E-state index contributed by atoms with van der Waals surface area (Å²) >= 11 is 0. The molecule has 4 aliphatic rings. The number of halogens is 2. The normalized spacial score (nSPS) is 25.0. The summed E-state index contributed by atoms with van der Waals surface area (Å²) in [6, 6.07) is -3.05. The van der Waals surface area contributed by atoms with E-state index in [0.717, 1.165) is 25.0 Å². The van der Waals surface area contributed by atoms with Gasteiger partial charge in [-0.15, -0.1) is 0 Å².